The van der Waals surface area contributed by atoms with Gasteiger partial charge in [0.15, 0.2) is 0 Å². The molecule has 6 nitrogen and oxygen atoms in total. The zero-order valence-electron chi connectivity index (χ0n) is 10.9. The second-order valence-corrected chi connectivity index (χ2v) is 3.94. The van der Waals surface area contributed by atoms with E-state index in [2.05, 4.69) is 15.0 Å². The molecule has 0 aromatic carbocycles. The van der Waals surface area contributed by atoms with Gasteiger partial charge in [0.25, 0.3) is 0 Å². The van der Waals surface area contributed by atoms with Crippen LogP contribution in [0.2, 0.25) is 0 Å². The van der Waals surface area contributed by atoms with Crippen LogP contribution in [-0.2, 0) is 24.2 Å². The normalized spacial score (nSPS) is 10.6. The first kappa shape index (κ1) is 13.4. The van der Waals surface area contributed by atoms with E-state index < -0.39 is 5.97 Å². The first-order valence-electron chi connectivity index (χ1n) is 6.03. The molecule has 0 aliphatic carbocycles. The quantitative estimate of drug-likeness (QED) is 0.803. The van der Waals surface area contributed by atoms with Gasteiger partial charge in [0, 0.05) is 18.5 Å². The van der Waals surface area contributed by atoms with Crippen LogP contribution in [0.5, 0.6) is 0 Å². The molecule has 0 fully saturated rings. The Morgan fingerprint density at radius 2 is 2.32 bits per heavy atom. The molecule has 2 aromatic heterocycles. The van der Waals surface area contributed by atoms with Gasteiger partial charge in [0.2, 0.25) is 11.7 Å². The maximum atomic E-state index is 11.4. The van der Waals surface area contributed by atoms with Crippen molar-refractivity contribution >= 4 is 5.97 Å². The molecule has 0 bridgehead atoms. The topological polar surface area (TPSA) is 77.5 Å². The van der Waals surface area contributed by atoms with E-state index in [1.807, 2.05) is 6.92 Å². The van der Waals surface area contributed by atoms with Gasteiger partial charge in [-0.25, -0.2) is 9.78 Å². The summed E-state index contributed by atoms with van der Waals surface area (Å²) in [5.74, 6) is 1.22. The van der Waals surface area contributed by atoms with Crippen LogP contribution in [0.1, 0.15) is 34.7 Å². The van der Waals surface area contributed by atoms with Crippen LogP contribution in [0.25, 0.3) is 0 Å². The number of carbonyl (C=O) groups is 1. The summed E-state index contributed by atoms with van der Waals surface area (Å²) in [6, 6.07) is 1.73. The summed E-state index contributed by atoms with van der Waals surface area (Å²) >= 11 is 0. The maximum Gasteiger partial charge on any atom is 0.374 e. The Hall–Kier alpha value is -2.08. The fourth-order valence-electron chi connectivity index (χ4n) is 1.64. The van der Waals surface area contributed by atoms with E-state index in [0.717, 1.165) is 17.7 Å². The van der Waals surface area contributed by atoms with Crippen molar-refractivity contribution in [1.82, 2.24) is 10.3 Å². The number of esters is 1. The van der Waals surface area contributed by atoms with E-state index in [4.69, 9.17) is 8.83 Å². The van der Waals surface area contributed by atoms with Crippen LogP contribution in [-0.4, -0.2) is 18.1 Å². The van der Waals surface area contributed by atoms with Gasteiger partial charge in [-0.05, 0) is 6.07 Å². The number of rotatable bonds is 6. The van der Waals surface area contributed by atoms with Crippen molar-refractivity contribution in [3.8, 4) is 0 Å². The number of hydrogen-bond acceptors (Lipinski definition) is 6. The third kappa shape index (κ3) is 3.23. The van der Waals surface area contributed by atoms with Gasteiger partial charge >= 0.3 is 5.97 Å². The van der Waals surface area contributed by atoms with E-state index in [9.17, 15) is 4.79 Å². The Kier molecular flexibility index (Phi) is 4.35. The molecule has 0 amide bonds. The lowest BCUT2D eigenvalue weighted by molar-refractivity contribution is 0.0563. The summed E-state index contributed by atoms with van der Waals surface area (Å²) in [6.07, 6.45) is 4.00. The van der Waals surface area contributed by atoms with Gasteiger partial charge in [-0.2, -0.15) is 0 Å². The molecule has 6 heteroatoms. The molecule has 0 aliphatic heterocycles. The van der Waals surface area contributed by atoms with Crippen molar-refractivity contribution < 1.29 is 18.4 Å². The standard InChI is InChI=1S/C13H16N2O4/c1-3-10-7-15-11(19-10)8-14-6-9-4-5-18-12(9)13(16)17-2/h4-5,7,14H,3,6,8H2,1-2H3. The largest absolute Gasteiger partial charge is 0.463 e. The van der Waals surface area contributed by atoms with Crippen LogP contribution < -0.4 is 5.32 Å². The van der Waals surface area contributed by atoms with Crippen molar-refractivity contribution in [2.24, 2.45) is 0 Å². The highest BCUT2D eigenvalue weighted by Gasteiger charge is 2.15. The first-order chi connectivity index (χ1) is 9.24. The minimum Gasteiger partial charge on any atom is -0.463 e. The molecule has 0 radical (unpaired) electrons. The summed E-state index contributed by atoms with van der Waals surface area (Å²) in [5, 5.41) is 3.14. The molecule has 0 spiro atoms. The van der Waals surface area contributed by atoms with E-state index >= 15 is 0 Å². The molecule has 0 saturated carbocycles. The fraction of sp³-hybridized carbons (Fsp3) is 0.385. The van der Waals surface area contributed by atoms with Gasteiger partial charge in [-0.3, -0.25) is 0 Å². The van der Waals surface area contributed by atoms with Gasteiger partial charge < -0.3 is 18.9 Å². The van der Waals surface area contributed by atoms with Crippen LogP contribution in [0.15, 0.2) is 27.4 Å². The molecule has 2 aromatic rings. The number of furan rings is 1. The lowest BCUT2D eigenvalue weighted by Crippen LogP contribution is -2.15. The highest BCUT2D eigenvalue weighted by molar-refractivity contribution is 5.87. The molecule has 2 rings (SSSR count). The molecule has 0 aliphatic rings. The van der Waals surface area contributed by atoms with E-state index in [1.54, 1.807) is 12.3 Å². The molecule has 0 unspecified atom stereocenters. The molecular formula is C13H16N2O4. The van der Waals surface area contributed by atoms with Crippen molar-refractivity contribution in [3.05, 3.63) is 41.5 Å². The number of ether oxygens (including phenoxy) is 1. The summed E-state index contributed by atoms with van der Waals surface area (Å²) in [4.78, 5) is 15.5. The third-order valence-electron chi connectivity index (χ3n) is 2.66. The van der Waals surface area contributed by atoms with Crippen molar-refractivity contribution in [2.75, 3.05) is 7.11 Å². The fourth-order valence-corrected chi connectivity index (χ4v) is 1.64. The number of methoxy groups -OCH3 is 1. The first-order valence-corrected chi connectivity index (χ1v) is 6.03. The van der Waals surface area contributed by atoms with E-state index in [-0.39, 0.29) is 5.76 Å². The molecule has 0 saturated heterocycles. The highest BCUT2D eigenvalue weighted by Crippen LogP contribution is 2.12. The summed E-state index contributed by atoms with van der Waals surface area (Å²) in [5.41, 5.74) is 0.745. The molecule has 1 N–H and O–H groups in total. The van der Waals surface area contributed by atoms with Gasteiger partial charge in [0.1, 0.15) is 5.76 Å². The number of aryl methyl sites for hydroxylation is 1. The Labute approximate surface area is 110 Å². The summed E-state index contributed by atoms with van der Waals surface area (Å²) in [7, 11) is 1.32. The lowest BCUT2D eigenvalue weighted by Gasteiger charge is -2.02. The maximum absolute atomic E-state index is 11.4. The number of hydrogen-bond donors (Lipinski definition) is 1. The molecular weight excluding hydrogens is 248 g/mol. The monoisotopic (exact) mass is 264 g/mol. The van der Waals surface area contributed by atoms with Crippen molar-refractivity contribution in [2.45, 2.75) is 26.4 Å². The van der Waals surface area contributed by atoms with Crippen LogP contribution in [0, 0.1) is 0 Å². The van der Waals surface area contributed by atoms with Gasteiger partial charge in [-0.15, -0.1) is 0 Å². The van der Waals surface area contributed by atoms with E-state index in [1.165, 1.54) is 13.4 Å². The Morgan fingerprint density at radius 3 is 3.00 bits per heavy atom. The minimum absolute atomic E-state index is 0.219. The summed E-state index contributed by atoms with van der Waals surface area (Å²) in [6.45, 7) is 2.97. The van der Waals surface area contributed by atoms with Gasteiger partial charge in [0.05, 0.1) is 26.1 Å². The highest BCUT2D eigenvalue weighted by atomic mass is 16.5. The number of nitrogens with zero attached hydrogens (tertiary/aromatic N) is 1. The third-order valence-corrected chi connectivity index (χ3v) is 2.66. The Bertz CT molecular complexity index is 544. The molecule has 2 heterocycles. The lowest BCUT2D eigenvalue weighted by atomic mass is 10.2. The molecule has 19 heavy (non-hydrogen) atoms. The van der Waals surface area contributed by atoms with E-state index in [0.29, 0.717) is 19.0 Å². The molecule has 0 atom stereocenters. The predicted octanol–water partition coefficient (Wildman–Crippen LogP) is 1.91. The van der Waals surface area contributed by atoms with Gasteiger partial charge in [-0.1, -0.05) is 6.92 Å². The summed E-state index contributed by atoms with van der Waals surface area (Å²) < 4.78 is 15.2. The minimum atomic E-state index is -0.480. The molecule has 102 valence electrons. The smallest absolute Gasteiger partial charge is 0.374 e. The van der Waals surface area contributed by atoms with Crippen LogP contribution in [0.4, 0.5) is 0 Å². The van der Waals surface area contributed by atoms with Crippen LogP contribution in [0.3, 0.4) is 0 Å². The SMILES string of the molecule is CCc1cnc(CNCc2ccoc2C(=O)OC)o1. The Balaban J connectivity index is 1.89. The predicted molar refractivity (Wildman–Crippen MR) is 66.5 cm³/mol. The zero-order chi connectivity index (χ0) is 13.7. The second kappa shape index (κ2) is 6.19. The number of carbonyl (C=O) groups excluding carboxylic acids is 1. The van der Waals surface area contributed by atoms with Crippen molar-refractivity contribution in [1.29, 1.82) is 0 Å². The average Bonchev–Trinajstić information content (AvgIpc) is 3.06. The average molecular weight is 264 g/mol. The van der Waals surface area contributed by atoms with Crippen LogP contribution >= 0.6 is 0 Å². The Morgan fingerprint density at radius 1 is 1.47 bits per heavy atom. The second-order valence-electron chi connectivity index (χ2n) is 3.94. The van der Waals surface area contributed by atoms with Crippen molar-refractivity contribution in [3.63, 3.8) is 0 Å². The number of nitrogens with one attached hydrogen (secondary N) is 1. The number of aromatic nitrogens is 1. The zero-order valence-corrected chi connectivity index (χ0v) is 10.9. The number of oxazole rings is 1.